The van der Waals surface area contributed by atoms with Crippen LogP contribution < -0.4 is 5.32 Å². The zero-order chi connectivity index (χ0) is 16.6. The van der Waals surface area contributed by atoms with Gasteiger partial charge in [0, 0.05) is 11.6 Å². The molecule has 1 heterocycles. The van der Waals surface area contributed by atoms with E-state index in [1.807, 2.05) is 44.2 Å². The summed E-state index contributed by atoms with van der Waals surface area (Å²) >= 11 is 0. The number of benzene rings is 2. The molecule has 1 aliphatic rings. The van der Waals surface area contributed by atoms with Gasteiger partial charge in [0.2, 0.25) is 0 Å². The van der Waals surface area contributed by atoms with Crippen LogP contribution in [0.3, 0.4) is 0 Å². The molecule has 1 aliphatic heterocycles. The smallest absolute Gasteiger partial charge is 0.336 e. The highest BCUT2D eigenvalue weighted by atomic mass is 16.4. The van der Waals surface area contributed by atoms with E-state index >= 15 is 0 Å². The molecule has 0 saturated carbocycles. The van der Waals surface area contributed by atoms with Crippen molar-refractivity contribution in [1.29, 1.82) is 0 Å². The fraction of sp³-hybridized carbons (Fsp3) is 0.263. The normalized spacial score (nSPS) is 20.0. The third-order valence-electron chi connectivity index (χ3n) is 4.39. The van der Waals surface area contributed by atoms with E-state index in [0.29, 0.717) is 11.3 Å². The van der Waals surface area contributed by atoms with Gasteiger partial charge in [-0.3, -0.25) is 4.79 Å². The lowest BCUT2D eigenvalue weighted by Crippen LogP contribution is -2.37. The van der Waals surface area contributed by atoms with Crippen LogP contribution in [-0.2, 0) is 0 Å². The number of carbonyl (C=O) groups excluding carboxylic acids is 1. The summed E-state index contributed by atoms with van der Waals surface area (Å²) in [5, 5.41) is 12.8. The molecule has 118 valence electrons. The lowest BCUT2D eigenvalue weighted by molar-refractivity contribution is 0.0686. The maximum atomic E-state index is 13.1. The largest absolute Gasteiger partial charge is 0.478 e. The second kappa shape index (κ2) is 5.88. The molecule has 0 bridgehead atoms. The van der Waals surface area contributed by atoms with E-state index in [2.05, 4.69) is 5.32 Å². The summed E-state index contributed by atoms with van der Waals surface area (Å²) in [7, 11) is 0. The molecule has 0 fully saturated rings. The molecule has 2 aromatic rings. The summed E-state index contributed by atoms with van der Waals surface area (Å²) < 4.78 is 0. The van der Waals surface area contributed by atoms with Crippen molar-refractivity contribution in [2.24, 2.45) is 11.8 Å². The van der Waals surface area contributed by atoms with Crippen molar-refractivity contribution in [2.45, 2.75) is 19.9 Å². The Kier molecular flexibility index (Phi) is 3.90. The third kappa shape index (κ3) is 2.61. The van der Waals surface area contributed by atoms with Crippen LogP contribution in [-0.4, -0.2) is 16.9 Å². The molecular formula is C19H19NO3. The number of ketones is 1. The molecule has 23 heavy (non-hydrogen) atoms. The third-order valence-corrected chi connectivity index (χ3v) is 4.39. The molecule has 4 nitrogen and oxygen atoms in total. The number of aromatic carboxylic acids is 1. The Bertz CT molecular complexity index is 752. The van der Waals surface area contributed by atoms with Crippen molar-refractivity contribution in [2.75, 3.05) is 5.32 Å². The molecule has 3 rings (SSSR count). The second-order valence-electron chi connectivity index (χ2n) is 6.20. The minimum absolute atomic E-state index is 0.0668. The van der Waals surface area contributed by atoms with Gasteiger partial charge >= 0.3 is 5.97 Å². The van der Waals surface area contributed by atoms with Crippen LogP contribution in [0.2, 0.25) is 0 Å². The molecule has 0 saturated heterocycles. The van der Waals surface area contributed by atoms with E-state index in [4.69, 9.17) is 0 Å². The first kappa shape index (κ1) is 15.3. The van der Waals surface area contributed by atoms with E-state index in [-0.39, 0.29) is 29.2 Å². The van der Waals surface area contributed by atoms with Crippen LogP contribution in [0.25, 0.3) is 0 Å². The second-order valence-corrected chi connectivity index (χ2v) is 6.20. The van der Waals surface area contributed by atoms with Crippen LogP contribution >= 0.6 is 0 Å². The molecule has 0 aromatic heterocycles. The van der Waals surface area contributed by atoms with Crippen LogP contribution in [0, 0.1) is 11.8 Å². The van der Waals surface area contributed by atoms with Crippen molar-refractivity contribution in [3.05, 3.63) is 65.2 Å². The van der Waals surface area contributed by atoms with Gasteiger partial charge in [-0.2, -0.15) is 0 Å². The molecule has 2 atom stereocenters. The van der Waals surface area contributed by atoms with Crippen LogP contribution in [0.1, 0.15) is 46.2 Å². The van der Waals surface area contributed by atoms with Crippen molar-refractivity contribution >= 4 is 17.4 Å². The fourth-order valence-corrected chi connectivity index (χ4v) is 3.33. The first-order chi connectivity index (χ1) is 11.0. The Labute approximate surface area is 135 Å². The number of fused-ring (bicyclic) bond motifs is 1. The van der Waals surface area contributed by atoms with E-state index in [1.165, 1.54) is 6.07 Å². The number of anilines is 1. The lowest BCUT2D eigenvalue weighted by Gasteiger charge is -2.36. The van der Waals surface area contributed by atoms with Crippen LogP contribution in [0.5, 0.6) is 0 Å². The maximum Gasteiger partial charge on any atom is 0.336 e. The Morgan fingerprint density at radius 2 is 1.78 bits per heavy atom. The molecule has 0 amide bonds. The Hall–Kier alpha value is -2.62. The molecule has 4 heteroatoms. The van der Waals surface area contributed by atoms with Crippen molar-refractivity contribution in [3.63, 3.8) is 0 Å². The van der Waals surface area contributed by atoms with E-state index in [1.54, 1.807) is 12.1 Å². The number of carboxylic acids is 1. The van der Waals surface area contributed by atoms with Gasteiger partial charge in [-0.25, -0.2) is 4.79 Å². The van der Waals surface area contributed by atoms with Gasteiger partial charge in [-0.05, 0) is 23.6 Å². The maximum absolute atomic E-state index is 13.1. The van der Waals surface area contributed by atoms with Crippen molar-refractivity contribution in [1.82, 2.24) is 0 Å². The highest BCUT2D eigenvalue weighted by molar-refractivity contribution is 6.12. The van der Waals surface area contributed by atoms with Gasteiger partial charge < -0.3 is 10.4 Å². The predicted molar refractivity (Wildman–Crippen MR) is 88.9 cm³/mol. The predicted octanol–water partition coefficient (Wildman–Crippen LogP) is 4.01. The quantitative estimate of drug-likeness (QED) is 0.899. The average molecular weight is 309 g/mol. The summed E-state index contributed by atoms with van der Waals surface area (Å²) in [6, 6.07) is 14.6. The van der Waals surface area contributed by atoms with Crippen LogP contribution in [0.15, 0.2) is 48.5 Å². The molecule has 2 unspecified atom stereocenters. The van der Waals surface area contributed by atoms with E-state index in [0.717, 1.165) is 5.56 Å². The van der Waals surface area contributed by atoms with E-state index < -0.39 is 5.97 Å². The number of rotatable bonds is 3. The molecule has 2 N–H and O–H groups in total. The highest BCUT2D eigenvalue weighted by Gasteiger charge is 2.39. The van der Waals surface area contributed by atoms with Gasteiger partial charge in [0.1, 0.15) is 0 Å². The summed E-state index contributed by atoms with van der Waals surface area (Å²) in [6.07, 6.45) is 0. The molecule has 0 aliphatic carbocycles. The van der Waals surface area contributed by atoms with Crippen molar-refractivity contribution < 1.29 is 14.7 Å². The Balaban J connectivity index is 2.15. The molecule has 0 radical (unpaired) electrons. The zero-order valence-electron chi connectivity index (χ0n) is 13.1. The number of Topliss-reactive ketones (excluding diaryl/α,β-unsaturated/α-hetero) is 1. The number of nitrogens with one attached hydrogen (secondary N) is 1. The number of carbonyl (C=O) groups is 2. The molecule has 2 aromatic carbocycles. The number of carboxylic acid groups (broad SMARTS) is 1. The summed E-state index contributed by atoms with van der Waals surface area (Å²) in [5.74, 6) is -1.38. The Morgan fingerprint density at radius 1 is 1.09 bits per heavy atom. The molecular weight excluding hydrogens is 290 g/mol. The van der Waals surface area contributed by atoms with Gasteiger partial charge in [-0.1, -0.05) is 50.2 Å². The van der Waals surface area contributed by atoms with E-state index in [9.17, 15) is 14.7 Å². The number of hydrogen-bond donors (Lipinski definition) is 2. The fourth-order valence-electron chi connectivity index (χ4n) is 3.33. The minimum atomic E-state index is -1.07. The topological polar surface area (TPSA) is 66.4 Å². The van der Waals surface area contributed by atoms with Gasteiger partial charge in [-0.15, -0.1) is 0 Å². The van der Waals surface area contributed by atoms with Gasteiger partial charge in [0.05, 0.1) is 17.2 Å². The number of hydrogen-bond acceptors (Lipinski definition) is 3. The first-order valence-corrected chi connectivity index (χ1v) is 7.72. The average Bonchev–Trinajstić information content (AvgIpc) is 2.54. The SMILES string of the molecule is CC(C)C1C(=O)c2c(cccc2C(=O)O)NC1c1ccccc1. The summed E-state index contributed by atoms with van der Waals surface area (Å²) in [4.78, 5) is 24.5. The summed E-state index contributed by atoms with van der Waals surface area (Å²) in [5.41, 5.74) is 2.00. The highest BCUT2D eigenvalue weighted by Crippen LogP contribution is 2.41. The standard InChI is InChI=1S/C19H19NO3/c1-11(2)15-17(12-7-4-3-5-8-12)20-14-10-6-9-13(19(22)23)16(14)18(15)21/h3-11,15,17,20H,1-2H3,(H,22,23). The minimum Gasteiger partial charge on any atom is -0.478 e. The van der Waals surface area contributed by atoms with Crippen LogP contribution in [0.4, 0.5) is 5.69 Å². The Morgan fingerprint density at radius 3 is 2.39 bits per heavy atom. The monoisotopic (exact) mass is 309 g/mol. The van der Waals surface area contributed by atoms with Gasteiger partial charge in [0.25, 0.3) is 0 Å². The van der Waals surface area contributed by atoms with Crippen molar-refractivity contribution in [3.8, 4) is 0 Å². The molecule has 0 spiro atoms. The van der Waals surface area contributed by atoms with Gasteiger partial charge in [0.15, 0.2) is 5.78 Å². The lowest BCUT2D eigenvalue weighted by atomic mass is 9.75. The summed E-state index contributed by atoms with van der Waals surface area (Å²) in [6.45, 7) is 3.99. The first-order valence-electron chi connectivity index (χ1n) is 7.72. The zero-order valence-corrected chi connectivity index (χ0v) is 13.1.